The number of halogens is 3. The Labute approximate surface area is 134 Å². The molecule has 0 spiro atoms. The molecule has 4 nitrogen and oxygen atoms in total. The summed E-state index contributed by atoms with van der Waals surface area (Å²) < 4.78 is 0.847. The number of hydrogen-bond donors (Lipinski definition) is 1. The predicted molar refractivity (Wildman–Crippen MR) is 83.6 cm³/mol. The third kappa shape index (κ3) is 2.70. The summed E-state index contributed by atoms with van der Waals surface area (Å²) in [6, 6.07) is 11.9. The van der Waals surface area contributed by atoms with Gasteiger partial charge in [-0.05, 0) is 30.3 Å². The zero-order chi connectivity index (χ0) is 15.0. The van der Waals surface area contributed by atoms with Crippen LogP contribution in [0.15, 0.2) is 47.5 Å². The highest BCUT2D eigenvalue weighted by Crippen LogP contribution is 2.23. The average molecular weight is 341 g/mol. The van der Waals surface area contributed by atoms with Crippen LogP contribution in [0.25, 0.3) is 11.0 Å². The van der Waals surface area contributed by atoms with Crippen molar-refractivity contribution in [1.29, 1.82) is 0 Å². The van der Waals surface area contributed by atoms with Crippen molar-refractivity contribution in [3.8, 4) is 0 Å². The molecule has 1 N–H and O–H groups in total. The van der Waals surface area contributed by atoms with Crippen LogP contribution in [-0.2, 0) is 0 Å². The molecule has 1 heterocycles. The topological polar surface area (TPSA) is 50.4 Å². The van der Waals surface area contributed by atoms with E-state index in [-0.39, 0.29) is 10.6 Å². The molecule has 3 aromatic rings. The zero-order valence-electron chi connectivity index (χ0n) is 10.5. The molecule has 0 unspecified atom stereocenters. The van der Waals surface area contributed by atoms with Gasteiger partial charge in [0, 0.05) is 5.02 Å². The highest BCUT2D eigenvalue weighted by Gasteiger charge is 2.08. The van der Waals surface area contributed by atoms with E-state index in [4.69, 9.17) is 34.8 Å². The van der Waals surface area contributed by atoms with Gasteiger partial charge in [0.15, 0.2) is 5.15 Å². The first-order valence-corrected chi connectivity index (χ1v) is 7.06. The lowest BCUT2D eigenvalue weighted by molar-refractivity contribution is 0.185. The van der Waals surface area contributed by atoms with Crippen LogP contribution in [0.3, 0.4) is 0 Å². The summed E-state index contributed by atoms with van der Waals surface area (Å²) in [5.74, 6) is 0. The van der Waals surface area contributed by atoms with Gasteiger partial charge in [-0.15, -0.1) is 0 Å². The summed E-state index contributed by atoms with van der Waals surface area (Å²) in [6.07, 6.45) is 0. The van der Waals surface area contributed by atoms with E-state index in [2.05, 4.69) is 9.98 Å². The molecular formula is C14H8Cl3N3O. The van der Waals surface area contributed by atoms with Crippen LogP contribution < -0.4 is 5.49 Å². The second-order valence-electron chi connectivity index (χ2n) is 4.23. The van der Waals surface area contributed by atoms with Gasteiger partial charge in [-0.2, -0.15) is 4.73 Å². The van der Waals surface area contributed by atoms with Crippen LogP contribution in [0.5, 0.6) is 0 Å². The molecule has 0 amide bonds. The van der Waals surface area contributed by atoms with E-state index in [1.807, 2.05) is 0 Å². The summed E-state index contributed by atoms with van der Waals surface area (Å²) in [6.45, 7) is 0. The Hall–Kier alpha value is -1.75. The highest BCUT2D eigenvalue weighted by atomic mass is 35.5. The van der Waals surface area contributed by atoms with Crippen LogP contribution in [0, 0.1) is 0 Å². The molecule has 0 saturated carbocycles. The summed E-state index contributed by atoms with van der Waals surface area (Å²) in [5, 5.41) is 11.3. The van der Waals surface area contributed by atoms with E-state index in [0.717, 1.165) is 4.73 Å². The van der Waals surface area contributed by atoms with Gasteiger partial charge in [0.05, 0.1) is 16.2 Å². The molecule has 3 rings (SSSR count). The predicted octanol–water partition coefficient (Wildman–Crippen LogP) is 4.47. The van der Waals surface area contributed by atoms with Gasteiger partial charge in [-0.3, -0.25) is 0 Å². The molecule has 0 aliphatic rings. The number of fused-ring (bicyclic) bond motifs is 1. The Morgan fingerprint density at radius 3 is 2.57 bits per heavy atom. The second kappa shape index (κ2) is 5.56. The number of hydrogen-bond acceptors (Lipinski definition) is 3. The van der Waals surface area contributed by atoms with Crippen molar-refractivity contribution in [3.05, 3.63) is 63.2 Å². The maximum absolute atomic E-state index is 10.3. The molecular weight excluding hydrogens is 333 g/mol. The van der Waals surface area contributed by atoms with E-state index >= 15 is 0 Å². The Kier molecular flexibility index (Phi) is 3.76. The third-order valence-corrected chi connectivity index (χ3v) is 3.66. The first-order chi connectivity index (χ1) is 10.1. The number of para-hydroxylation sites is 1. The molecule has 21 heavy (non-hydrogen) atoms. The van der Waals surface area contributed by atoms with E-state index in [9.17, 15) is 5.21 Å². The number of rotatable bonds is 1. The van der Waals surface area contributed by atoms with Crippen molar-refractivity contribution in [3.63, 3.8) is 0 Å². The summed E-state index contributed by atoms with van der Waals surface area (Å²) in [7, 11) is 0. The standard InChI is InChI=1S/C14H8Cl3N3O/c15-8-5-6-11-12(7-8)20(21)14(13(17)18-11)19-10-4-2-1-3-9(10)16/h1-7,21H. The Morgan fingerprint density at radius 1 is 1.05 bits per heavy atom. The van der Waals surface area contributed by atoms with E-state index < -0.39 is 0 Å². The lowest BCUT2D eigenvalue weighted by Crippen LogP contribution is -2.21. The van der Waals surface area contributed by atoms with Crippen molar-refractivity contribution in [2.75, 3.05) is 0 Å². The van der Waals surface area contributed by atoms with Gasteiger partial charge in [0.1, 0.15) is 5.52 Å². The Balaban J connectivity index is 2.35. The van der Waals surface area contributed by atoms with Gasteiger partial charge in [0.2, 0.25) is 5.49 Å². The van der Waals surface area contributed by atoms with Crippen LogP contribution in [0.1, 0.15) is 0 Å². The molecule has 0 atom stereocenters. The molecule has 0 bridgehead atoms. The highest BCUT2D eigenvalue weighted by molar-refractivity contribution is 6.33. The molecule has 0 radical (unpaired) electrons. The second-order valence-corrected chi connectivity index (χ2v) is 5.44. The van der Waals surface area contributed by atoms with Crippen LogP contribution in [0.4, 0.5) is 5.69 Å². The van der Waals surface area contributed by atoms with Gasteiger partial charge >= 0.3 is 0 Å². The van der Waals surface area contributed by atoms with Crippen molar-refractivity contribution in [2.24, 2.45) is 4.99 Å². The average Bonchev–Trinajstić information content (AvgIpc) is 2.46. The molecule has 7 heteroatoms. The van der Waals surface area contributed by atoms with Crippen molar-refractivity contribution in [2.45, 2.75) is 0 Å². The lowest BCUT2D eigenvalue weighted by atomic mass is 10.3. The Bertz CT molecular complexity index is 906. The maximum Gasteiger partial charge on any atom is 0.206 e. The zero-order valence-corrected chi connectivity index (χ0v) is 12.7. The minimum atomic E-state index is 0.0623. The molecule has 0 aliphatic heterocycles. The van der Waals surface area contributed by atoms with Crippen LogP contribution in [0.2, 0.25) is 15.2 Å². The quantitative estimate of drug-likeness (QED) is 0.665. The number of benzene rings is 2. The molecule has 106 valence electrons. The van der Waals surface area contributed by atoms with Crippen molar-refractivity contribution < 1.29 is 5.21 Å². The lowest BCUT2D eigenvalue weighted by Gasteiger charge is -2.06. The van der Waals surface area contributed by atoms with E-state index in [1.165, 1.54) is 0 Å². The minimum absolute atomic E-state index is 0.0623. The molecule has 1 aromatic heterocycles. The SMILES string of the molecule is On1c(=Nc2ccccc2Cl)c(Cl)nc2ccc(Cl)cc21. The first-order valence-electron chi connectivity index (χ1n) is 5.92. The van der Waals surface area contributed by atoms with Gasteiger partial charge in [-0.25, -0.2) is 9.98 Å². The van der Waals surface area contributed by atoms with E-state index in [1.54, 1.807) is 42.5 Å². The molecule has 0 fully saturated rings. The first kappa shape index (κ1) is 14.2. The van der Waals surface area contributed by atoms with Crippen molar-refractivity contribution >= 4 is 51.5 Å². The minimum Gasteiger partial charge on any atom is -0.426 e. The Morgan fingerprint density at radius 2 is 1.81 bits per heavy atom. The summed E-state index contributed by atoms with van der Waals surface area (Å²) in [4.78, 5) is 8.46. The van der Waals surface area contributed by atoms with Gasteiger partial charge in [-0.1, -0.05) is 46.9 Å². The van der Waals surface area contributed by atoms with Crippen molar-refractivity contribution in [1.82, 2.24) is 9.71 Å². The monoisotopic (exact) mass is 339 g/mol. The fourth-order valence-corrected chi connectivity index (χ4v) is 2.43. The fraction of sp³-hybridized carbons (Fsp3) is 0. The van der Waals surface area contributed by atoms with Gasteiger partial charge in [0.25, 0.3) is 0 Å². The normalized spacial score (nSPS) is 12.0. The van der Waals surface area contributed by atoms with Crippen LogP contribution >= 0.6 is 34.8 Å². The number of aromatic nitrogens is 2. The molecule has 2 aromatic carbocycles. The smallest absolute Gasteiger partial charge is 0.206 e. The fourth-order valence-electron chi connectivity index (χ4n) is 1.87. The number of nitrogens with zero attached hydrogens (tertiary/aromatic N) is 3. The summed E-state index contributed by atoms with van der Waals surface area (Å²) >= 11 is 18.1. The van der Waals surface area contributed by atoms with Crippen LogP contribution in [-0.4, -0.2) is 14.9 Å². The maximum atomic E-state index is 10.3. The molecule has 0 saturated heterocycles. The molecule has 0 aliphatic carbocycles. The largest absolute Gasteiger partial charge is 0.426 e. The third-order valence-electron chi connectivity index (χ3n) is 2.85. The van der Waals surface area contributed by atoms with Gasteiger partial charge < -0.3 is 5.21 Å². The van der Waals surface area contributed by atoms with E-state index in [0.29, 0.717) is 26.8 Å². The summed E-state index contributed by atoms with van der Waals surface area (Å²) in [5.41, 5.74) is 1.47.